The van der Waals surface area contributed by atoms with Crippen LogP contribution < -0.4 is 0 Å². The standard InChI is InChI=1S/C18H26F6N2O4S/c19-17(20,21)14(18(22,23)24)30-15(27)25-6-4-16(5-7-25)12-26(8-10-29-16)31-11-13-3-1-2-9-28-13/h13-14H,1-12H2. The summed E-state index contributed by atoms with van der Waals surface area (Å²) in [6.07, 6.45) is -13.1. The van der Waals surface area contributed by atoms with Crippen molar-refractivity contribution in [3.8, 4) is 0 Å². The van der Waals surface area contributed by atoms with Crippen molar-refractivity contribution in [1.82, 2.24) is 9.21 Å². The highest BCUT2D eigenvalue weighted by Gasteiger charge is 2.60. The summed E-state index contributed by atoms with van der Waals surface area (Å²) in [5.74, 6) is 0.824. The van der Waals surface area contributed by atoms with Crippen molar-refractivity contribution in [2.45, 2.75) is 62.3 Å². The molecule has 0 aliphatic carbocycles. The van der Waals surface area contributed by atoms with E-state index in [1.807, 2.05) is 0 Å². The number of amides is 1. The van der Waals surface area contributed by atoms with E-state index in [0.29, 0.717) is 32.5 Å². The number of hydrogen-bond donors (Lipinski definition) is 0. The summed E-state index contributed by atoms with van der Waals surface area (Å²) in [4.78, 5) is 12.8. The van der Waals surface area contributed by atoms with Gasteiger partial charge in [-0.3, -0.25) is 0 Å². The third-order valence-corrected chi connectivity index (χ3v) is 6.87. The summed E-state index contributed by atoms with van der Waals surface area (Å²) in [6, 6.07) is 0. The van der Waals surface area contributed by atoms with Crippen molar-refractivity contribution in [3.05, 3.63) is 0 Å². The van der Waals surface area contributed by atoms with Gasteiger partial charge in [-0.1, -0.05) is 11.9 Å². The zero-order valence-corrected chi connectivity index (χ0v) is 17.7. The summed E-state index contributed by atoms with van der Waals surface area (Å²) in [7, 11) is 0. The SMILES string of the molecule is O=C(OC(C(F)(F)F)C(F)(F)F)N1CCC2(CC1)CN(SCC1CCCCO1)CCO2. The number of rotatable bonds is 4. The highest BCUT2D eigenvalue weighted by atomic mass is 32.2. The van der Waals surface area contributed by atoms with E-state index >= 15 is 0 Å². The van der Waals surface area contributed by atoms with Gasteiger partial charge in [0, 0.05) is 38.5 Å². The molecular weight excluding hydrogens is 454 g/mol. The van der Waals surface area contributed by atoms with Crippen LogP contribution in [0.2, 0.25) is 0 Å². The predicted molar refractivity (Wildman–Crippen MR) is 99.5 cm³/mol. The Kier molecular flexibility index (Phi) is 7.91. The summed E-state index contributed by atoms with van der Waals surface area (Å²) >= 11 is 1.67. The largest absolute Gasteiger partial charge is 0.434 e. The van der Waals surface area contributed by atoms with Crippen LogP contribution in [-0.2, 0) is 14.2 Å². The summed E-state index contributed by atoms with van der Waals surface area (Å²) in [6.45, 7) is 2.45. The fourth-order valence-electron chi connectivity index (χ4n) is 3.94. The van der Waals surface area contributed by atoms with E-state index in [9.17, 15) is 31.1 Å². The van der Waals surface area contributed by atoms with Crippen molar-refractivity contribution in [3.63, 3.8) is 0 Å². The molecule has 0 bridgehead atoms. The first kappa shape index (κ1) is 24.7. The molecular formula is C18H26F6N2O4S. The van der Waals surface area contributed by atoms with Crippen LogP contribution >= 0.6 is 11.9 Å². The van der Waals surface area contributed by atoms with Crippen LogP contribution in [0.25, 0.3) is 0 Å². The van der Waals surface area contributed by atoms with Crippen molar-refractivity contribution in [2.75, 3.05) is 45.1 Å². The van der Waals surface area contributed by atoms with Crippen LogP contribution in [0.1, 0.15) is 32.1 Å². The Bertz CT molecular complexity index is 593. The van der Waals surface area contributed by atoms with Crippen molar-refractivity contribution < 1.29 is 45.3 Å². The molecule has 0 saturated carbocycles. The first-order valence-electron chi connectivity index (χ1n) is 10.2. The van der Waals surface area contributed by atoms with Gasteiger partial charge in [-0.05, 0) is 32.1 Å². The van der Waals surface area contributed by atoms with E-state index in [1.54, 1.807) is 11.9 Å². The van der Waals surface area contributed by atoms with Crippen LogP contribution in [0.5, 0.6) is 0 Å². The fraction of sp³-hybridized carbons (Fsp3) is 0.944. The van der Waals surface area contributed by atoms with E-state index in [0.717, 1.165) is 36.5 Å². The second kappa shape index (κ2) is 9.92. The molecule has 13 heteroatoms. The molecule has 1 spiro atoms. The van der Waals surface area contributed by atoms with Crippen LogP contribution in [0.4, 0.5) is 31.1 Å². The van der Waals surface area contributed by atoms with Crippen LogP contribution in [0, 0.1) is 0 Å². The zero-order valence-electron chi connectivity index (χ0n) is 16.8. The van der Waals surface area contributed by atoms with Crippen LogP contribution in [-0.4, -0.2) is 90.6 Å². The number of ether oxygens (including phenoxy) is 3. The minimum Gasteiger partial charge on any atom is -0.426 e. The van der Waals surface area contributed by atoms with Crippen molar-refractivity contribution in [2.24, 2.45) is 0 Å². The van der Waals surface area contributed by atoms with Gasteiger partial charge in [-0.2, -0.15) is 26.3 Å². The van der Waals surface area contributed by atoms with Gasteiger partial charge in [0.25, 0.3) is 6.10 Å². The molecule has 31 heavy (non-hydrogen) atoms. The number of likely N-dealkylation sites (tertiary alicyclic amines) is 1. The smallest absolute Gasteiger partial charge is 0.426 e. The number of halogens is 6. The number of morpholine rings is 1. The molecule has 180 valence electrons. The Morgan fingerprint density at radius 3 is 2.32 bits per heavy atom. The number of piperidine rings is 1. The molecule has 3 heterocycles. The Balaban J connectivity index is 1.48. The van der Waals surface area contributed by atoms with Gasteiger partial charge in [0.2, 0.25) is 0 Å². The van der Waals surface area contributed by atoms with Crippen LogP contribution in [0.3, 0.4) is 0 Å². The lowest BCUT2D eigenvalue weighted by atomic mass is 9.90. The third-order valence-electron chi connectivity index (χ3n) is 5.68. The fourth-order valence-corrected chi connectivity index (χ4v) is 5.11. The first-order chi connectivity index (χ1) is 14.5. The van der Waals surface area contributed by atoms with E-state index in [2.05, 4.69) is 9.04 Å². The van der Waals surface area contributed by atoms with Gasteiger partial charge in [0.15, 0.2) is 0 Å². The number of alkyl halides is 6. The molecule has 3 rings (SSSR count). The lowest BCUT2D eigenvalue weighted by Gasteiger charge is -2.46. The summed E-state index contributed by atoms with van der Waals surface area (Å²) in [5.41, 5.74) is -0.580. The number of hydrogen-bond acceptors (Lipinski definition) is 6. The highest BCUT2D eigenvalue weighted by molar-refractivity contribution is 7.97. The van der Waals surface area contributed by atoms with E-state index < -0.39 is 30.2 Å². The molecule has 0 aromatic rings. The zero-order chi connectivity index (χ0) is 22.7. The number of carbonyl (C=O) groups excluding carboxylic acids is 1. The van der Waals surface area contributed by atoms with Crippen molar-refractivity contribution in [1.29, 1.82) is 0 Å². The molecule has 3 aliphatic rings. The van der Waals surface area contributed by atoms with Crippen molar-refractivity contribution >= 4 is 18.0 Å². The van der Waals surface area contributed by atoms with E-state index in [-0.39, 0.29) is 19.2 Å². The Morgan fingerprint density at radius 1 is 1.06 bits per heavy atom. The maximum Gasteiger partial charge on any atom is 0.434 e. The van der Waals surface area contributed by atoms with Gasteiger partial charge >= 0.3 is 18.4 Å². The monoisotopic (exact) mass is 480 g/mol. The van der Waals surface area contributed by atoms with Gasteiger partial charge in [0.1, 0.15) is 0 Å². The minimum atomic E-state index is -5.73. The third kappa shape index (κ3) is 6.78. The molecule has 0 aromatic carbocycles. The topological polar surface area (TPSA) is 51.2 Å². The predicted octanol–water partition coefficient (Wildman–Crippen LogP) is 4.00. The molecule has 1 amide bonds. The molecule has 6 nitrogen and oxygen atoms in total. The van der Waals surface area contributed by atoms with Crippen LogP contribution in [0.15, 0.2) is 0 Å². The molecule has 3 aliphatic heterocycles. The minimum absolute atomic E-state index is 0.0362. The Hall–Kier alpha value is -0.920. The second-order valence-corrected chi connectivity index (χ2v) is 9.12. The molecule has 0 radical (unpaired) electrons. The first-order valence-corrected chi connectivity index (χ1v) is 11.2. The molecule has 3 fully saturated rings. The van der Waals surface area contributed by atoms with Gasteiger partial charge < -0.3 is 19.1 Å². The number of nitrogens with zero attached hydrogens (tertiary/aromatic N) is 2. The van der Waals surface area contributed by atoms with E-state index in [1.165, 1.54) is 0 Å². The van der Waals surface area contributed by atoms with Gasteiger partial charge in [-0.15, -0.1) is 0 Å². The normalized spacial score (nSPS) is 25.8. The molecule has 0 aromatic heterocycles. The maximum absolute atomic E-state index is 12.6. The average Bonchev–Trinajstić information content (AvgIpc) is 2.70. The molecule has 0 N–H and O–H groups in total. The quantitative estimate of drug-likeness (QED) is 0.448. The molecule has 1 atom stereocenters. The van der Waals surface area contributed by atoms with Gasteiger partial charge in [-0.25, -0.2) is 9.10 Å². The maximum atomic E-state index is 12.6. The van der Waals surface area contributed by atoms with E-state index in [4.69, 9.17) is 9.47 Å². The number of carbonyl (C=O) groups is 1. The lowest BCUT2D eigenvalue weighted by Crippen LogP contribution is -2.57. The Labute approximate surface area is 180 Å². The molecule has 3 saturated heterocycles. The lowest BCUT2D eigenvalue weighted by molar-refractivity contribution is -0.308. The van der Waals surface area contributed by atoms with Gasteiger partial charge in [0.05, 0.1) is 18.3 Å². The average molecular weight is 480 g/mol. The highest BCUT2D eigenvalue weighted by Crippen LogP contribution is 2.37. The summed E-state index contributed by atoms with van der Waals surface area (Å²) in [5, 5.41) is 0. The Morgan fingerprint density at radius 2 is 1.74 bits per heavy atom. The molecule has 1 unspecified atom stereocenters. The summed E-state index contributed by atoms with van der Waals surface area (Å²) < 4.78 is 93.4. The second-order valence-electron chi connectivity index (χ2n) is 8.01.